The fraction of sp³-hybridized carbons (Fsp3) is 0.273. The minimum Gasteiger partial charge on any atom is -0.389 e. The summed E-state index contributed by atoms with van der Waals surface area (Å²) in [5, 5.41) is 19.5. The van der Waals surface area contributed by atoms with Crippen molar-refractivity contribution in [2.75, 3.05) is 5.33 Å². The zero-order valence-electron chi connectivity index (χ0n) is 7.73. The molecule has 2 atom stereocenters. The lowest BCUT2D eigenvalue weighted by molar-refractivity contribution is 0.0343. The molecule has 1 rings (SSSR count). The van der Waals surface area contributed by atoms with Crippen molar-refractivity contribution < 1.29 is 10.2 Å². The van der Waals surface area contributed by atoms with E-state index in [1.807, 2.05) is 18.2 Å². The summed E-state index contributed by atoms with van der Waals surface area (Å²) in [5.41, 5.74) is 1.64. The highest BCUT2D eigenvalue weighted by molar-refractivity contribution is 9.09. The van der Waals surface area contributed by atoms with Gasteiger partial charge in [-0.3, -0.25) is 0 Å². The smallest absolute Gasteiger partial charge is 0.106 e. The summed E-state index contributed by atoms with van der Waals surface area (Å²) in [6, 6.07) is 7.31. The van der Waals surface area contributed by atoms with Crippen LogP contribution in [0.2, 0.25) is 0 Å². The molecule has 0 aliphatic rings. The maximum atomic E-state index is 9.69. The number of alkyl halides is 1. The second kappa shape index (κ2) is 5.29. The molecule has 0 saturated carbocycles. The molecule has 1 aromatic rings. The second-order valence-corrected chi connectivity index (χ2v) is 3.69. The van der Waals surface area contributed by atoms with Crippen molar-refractivity contribution in [3.8, 4) is 0 Å². The molecule has 0 amide bonds. The van der Waals surface area contributed by atoms with E-state index in [9.17, 15) is 10.2 Å². The van der Waals surface area contributed by atoms with Crippen LogP contribution < -0.4 is 0 Å². The van der Waals surface area contributed by atoms with Crippen LogP contribution in [0.1, 0.15) is 17.2 Å². The Kier molecular flexibility index (Phi) is 4.32. The topological polar surface area (TPSA) is 40.5 Å². The highest BCUT2D eigenvalue weighted by atomic mass is 79.9. The van der Waals surface area contributed by atoms with Crippen LogP contribution in [-0.2, 0) is 0 Å². The van der Waals surface area contributed by atoms with E-state index in [1.165, 1.54) is 0 Å². The van der Waals surface area contributed by atoms with Gasteiger partial charge in [0.05, 0.1) is 6.10 Å². The van der Waals surface area contributed by atoms with Gasteiger partial charge in [-0.2, -0.15) is 0 Å². The average molecular weight is 257 g/mol. The predicted octanol–water partition coefficient (Wildman–Crippen LogP) is 2.12. The van der Waals surface area contributed by atoms with Crippen LogP contribution >= 0.6 is 15.9 Å². The average Bonchev–Trinajstić information content (AvgIpc) is 2.27. The molecule has 2 nitrogen and oxygen atoms in total. The predicted molar refractivity (Wildman–Crippen MR) is 61.3 cm³/mol. The van der Waals surface area contributed by atoms with Gasteiger partial charge in [0.25, 0.3) is 0 Å². The fourth-order valence-corrected chi connectivity index (χ4v) is 1.53. The van der Waals surface area contributed by atoms with E-state index in [2.05, 4.69) is 22.5 Å². The molecule has 2 unspecified atom stereocenters. The summed E-state index contributed by atoms with van der Waals surface area (Å²) in [6.45, 7) is 3.64. The standard InChI is InChI=1S/C11H13BrO2/c1-2-8-4-3-5-9(6-8)11(14)10(13)7-12/h2-6,10-11,13-14H,1,7H2. The van der Waals surface area contributed by atoms with Crippen molar-refractivity contribution in [1.29, 1.82) is 0 Å². The van der Waals surface area contributed by atoms with E-state index < -0.39 is 12.2 Å². The van der Waals surface area contributed by atoms with Gasteiger partial charge >= 0.3 is 0 Å². The van der Waals surface area contributed by atoms with E-state index in [0.29, 0.717) is 10.9 Å². The summed E-state index contributed by atoms with van der Waals surface area (Å²) >= 11 is 3.12. The highest BCUT2D eigenvalue weighted by Gasteiger charge is 2.16. The third-order valence-electron chi connectivity index (χ3n) is 2.01. The Morgan fingerprint density at radius 3 is 2.71 bits per heavy atom. The number of benzene rings is 1. The Labute approximate surface area is 92.0 Å². The first-order chi connectivity index (χ1) is 6.69. The lowest BCUT2D eigenvalue weighted by Crippen LogP contribution is -2.19. The van der Waals surface area contributed by atoms with Gasteiger partial charge in [-0.05, 0) is 17.2 Å². The Morgan fingerprint density at radius 1 is 1.43 bits per heavy atom. The number of aliphatic hydroxyl groups is 2. The molecular weight excluding hydrogens is 244 g/mol. The van der Waals surface area contributed by atoms with E-state index >= 15 is 0 Å². The monoisotopic (exact) mass is 256 g/mol. The summed E-state index contributed by atoms with van der Waals surface area (Å²) < 4.78 is 0. The molecule has 0 bridgehead atoms. The number of hydrogen-bond acceptors (Lipinski definition) is 2. The molecule has 0 radical (unpaired) electrons. The molecule has 0 saturated heterocycles. The Bertz CT molecular complexity index is 312. The Balaban J connectivity index is 2.89. The molecule has 3 heteroatoms. The van der Waals surface area contributed by atoms with Crippen molar-refractivity contribution in [2.24, 2.45) is 0 Å². The van der Waals surface area contributed by atoms with Crippen molar-refractivity contribution >= 4 is 22.0 Å². The number of aliphatic hydroxyl groups excluding tert-OH is 2. The van der Waals surface area contributed by atoms with Gasteiger partial charge in [0, 0.05) is 5.33 Å². The molecule has 14 heavy (non-hydrogen) atoms. The van der Waals surface area contributed by atoms with Gasteiger partial charge in [-0.25, -0.2) is 0 Å². The van der Waals surface area contributed by atoms with Crippen molar-refractivity contribution in [2.45, 2.75) is 12.2 Å². The number of hydrogen-bond donors (Lipinski definition) is 2. The van der Waals surface area contributed by atoms with Crippen LogP contribution in [-0.4, -0.2) is 21.6 Å². The van der Waals surface area contributed by atoms with E-state index in [0.717, 1.165) is 5.56 Å². The van der Waals surface area contributed by atoms with Crippen LogP contribution in [0, 0.1) is 0 Å². The summed E-state index contributed by atoms with van der Waals surface area (Å²) in [7, 11) is 0. The van der Waals surface area contributed by atoms with E-state index in [4.69, 9.17) is 0 Å². The molecule has 0 fully saturated rings. The lowest BCUT2D eigenvalue weighted by atomic mass is 10.0. The third kappa shape index (κ3) is 2.67. The van der Waals surface area contributed by atoms with Gasteiger partial charge < -0.3 is 10.2 Å². The van der Waals surface area contributed by atoms with Crippen molar-refractivity contribution in [3.63, 3.8) is 0 Å². The van der Waals surface area contributed by atoms with E-state index in [-0.39, 0.29) is 0 Å². The molecular formula is C11H13BrO2. The first-order valence-electron chi connectivity index (χ1n) is 4.33. The van der Waals surface area contributed by atoms with Crippen LogP contribution in [0.4, 0.5) is 0 Å². The molecule has 1 aromatic carbocycles. The first kappa shape index (κ1) is 11.4. The quantitative estimate of drug-likeness (QED) is 0.811. The fourth-order valence-electron chi connectivity index (χ4n) is 1.18. The van der Waals surface area contributed by atoms with Gasteiger partial charge in [-0.1, -0.05) is 46.8 Å². The van der Waals surface area contributed by atoms with Crippen molar-refractivity contribution in [1.82, 2.24) is 0 Å². The molecule has 0 spiro atoms. The minimum absolute atomic E-state index is 0.354. The zero-order valence-corrected chi connectivity index (χ0v) is 9.31. The largest absolute Gasteiger partial charge is 0.389 e. The molecule has 0 aromatic heterocycles. The number of halogens is 1. The molecule has 0 aliphatic carbocycles. The lowest BCUT2D eigenvalue weighted by Gasteiger charge is -2.16. The Morgan fingerprint density at radius 2 is 2.14 bits per heavy atom. The minimum atomic E-state index is -0.853. The summed E-state index contributed by atoms with van der Waals surface area (Å²) in [6.07, 6.45) is 0.0702. The van der Waals surface area contributed by atoms with Crippen molar-refractivity contribution in [3.05, 3.63) is 42.0 Å². The molecule has 76 valence electrons. The van der Waals surface area contributed by atoms with Gasteiger partial charge in [0.1, 0.15) is 6.10 Å². The third-order valence-corrected chi connectivity index (χ3v) is 2.67. The zero-order chi connectivity index (χ0) is 10.6. The number of rotatable bonds is 4. The summed E-state index contributed by atoms with van der Waals surface area (Å²) in [4.78, 5) is 0. The van der Waals surface area contributed by atoms with Crippen LogP contribution in [0.25, 0.3) is 6.08 Å². The second-order valence-electron chi connectivity index (χ2n) is 3.04. The molecule has 0 heterocycles. The molecule has 2 N–H and O–H groups in total. The maximum Gasteiger partial charge on any atom is 0.106 e. The van der Waals surface area contributed by atoms with Crippen LogP contribution in [0.5, 0.6) is 0 Å². The maximum absolute atomic E-state index is 9.69. The highest BCUT2D eigenvalue weighted by Crippen LogP contribution is 2.19. The first-order valence-corrected chi connectivity index (χ1v) is 5.45. The SMILES string of the molecule is C=Cc1cccc(C(O)C(O)CBr)c1. The molecule has 0 aliphatic heterocycles. The summed E-state index contributed by atoms with van der Waals surface area (Å²) in [5.74, 6) is 0. The van der Waals surface area contributed by atoms with Crippen LogP contribution in [0.15, 0.2) is 30.8 Å². The normalized spacial score (nSPS) is 14.8. The Hall–Kier alpha value is -0.640. The van der Waals surface area contributed by atoms with E-state index in [1.54, 1.807) is 12.1 Å². The van der Waals surface area contributed by atoms with Gasteiger partial charge in [-0.15, -0.1) is 0 Å². The van der Waals surface area contributed by atoms with Gasteiger partial charge in [0.2, 0.25) is 0 Å². The van der Waals surface area contributed by atoms with Crippen LogP contribution in [0.3, 0.4) is 0 Å². The van der Waals surface area contributed by atoms with Gasteiger partial charge in [0.15, 0.2) is 0 Å².